The molecular weight excluding hydrogens is 438 g/mol. The van der Waals surface area contributed by atoms with Crippen LogP contribution in [0.3, 0.4) is 0 Å². The lowest BCUT2D eigenvalue weighted by Gasteiger charge is -2.46. The van der Waals surface area contributed by atoms with Crippen molar-refractivity contribution in [2.24, 2.45) is 23.7 Å². The molecule has 1 saturated heterocycles. The third-order valence-corrected chi connectivity index (χ3v) is 8.42. The van der Waals surface area contributed by atoms with Gasteiger partial charge in [0, 0.05) is 18.6 Å². The van der Waals surface area contributed by atoms with Gasteiger partial charge in [0.05, 0.1) is 11.1 Å². The Morgan fingerprint density at radius 2 is 1.06 bits per heavy atom. The number of carbonyl (C=O) groups excluding carboxylic acids is 2. The molecule has 2 aliphatic carbocycles. The number of esters is 2. The van der Waals surface area contributed by atoms with E-state index >= 15 is 0 Å². The van der Waals surface area contributed by atoms with E-state index < -0.39 is 12.2 Å². The van der Waals surface area contributed by atoms with Crippen LogP contribution in [0.15, 0.2) is 60.7 Å². The number of benzene rings is 2. The molecular formula is C30H37NO4. The van der Waals surface area contributed by atoms with E-state index in [1.165, 1.54) is 12.8 Å². The first-order valence-corrected chi connectivity index (χ1v) is 13.0. The van der Waals surface area contributed by atoms with Crippen LogP contribution >= 0.6 is 0 Å². The zero-order valence-corrected chi connectivity index (χ0v) is 21.1. The van der Waals surface area contributed by atoms with Crippen LogP contribution in [0.2, 0.25) is 0 Å². The second-order valence-electron chi connectivity index (χ2n) is 11.7. The highest BCUT2D eigenvalue weighted by atomic mass is 16.6. The Balaban J connectivity index is 1.33. The van der Waals surface area contributed by atoms with Crippen LogP contribution in [0.5, 0.6) is 0 Å². The van der Waals surface area contributed by atoms with E-state index in [0.717, 1.165) is 25.9 Å². The molecule has 1 aliphatic heterocycles. The molecule has 5 heteroatoms. The maximum Gasteiger partial charge on any atom is 0.338 e. The van der Waals surface area contributed by atoms with E-state index in [2.05, 4.69) is 25.7 Å². The van der Waals surface area contributed by atoms with Gasteiger partial charge < -0.3 is 9.47 Å². The number of fused-ring (bicyclic) bond motifs is 2. The van der Waals surface area contributed by atoms with E-state index in [1.807, 2.05) is 36.4 Å². The molecule has 3 aliphatic rings. The predicted molar refractivity (Wildman–Crippen MR) is 135 cm³/mol. The normalized spacial score (nSPS) is 30.7. The van der Waals surface area contributed by atoms with Crippen LogP contribution < -0.4 is 0 Å². The summed E-state index contributed by atoms with van der Waals surface area (Å²) in [5.74, 6) is 1.70. The van der Waals surface area contributed by atoms with Crippen molar-refractivity contribution in [1.82, 2.24) is 4.90 Å². The Morgan fingerprint density at radius 1 is 0.657 bits per heavy atom. The number of likely N-dealkylation sites (tertiary alicyclic amines) is 1. The number of carbonyl (C=O) groups is 2. The first-order valence-electron chi connectivity index (χ1n) is 13.0. The smallest absolute Gasteiger partial charge is 0.338 e. The maximum absolute atomic E-state index is 12.9. The van der Waals surface area contributed by atoms with Gasteiger partial charge in [0.2, 0.25) is 0 Å². The van der Waals surface area contributed by atoms with Gasteiger partial charge >= 0.3 is 11.9 Å². The van der Waals surface area contributed by atoms with Gasteiger partial charge in [0.25, 0.3) is 0 Å². The molecule has 2 aromatic rings. The van der Waals surface area contributed by atoms with Gasteiger partial charge in [0.1, 0.15) is 12.2 Å². The van der Waals surface area contributed by atoms with Crippen LogP contribution in [0.1, 0.15) is 67.2 Å². The third kappa shape index (κ3) is 5.30. The van der Waals surface area contributed by atoms with Crippen molar-refractivity contribution >= 4 is 11.9 Å². The molecule has 0 bridgehead atoms. The van der Waals surface area contributed by atoms with Gasteiger partial charge in [-0.15, -0.1) is 0 Å². The number of nitrogens with zero attached hydrogens (tertiary/aromatic N) is 1. The minimum absolute atomic E-state index is 0.185. The number of rotatable bonds is 4. The number of ether oxygens (including phenoxy) is 2. The van der Waals surface area contributed by atoms with E-state index in [0.29, 0.717) is 34.8 Å². The fourth-order valence-corrected chi connectivity index (χ4v) is 6.47. The molecule has 35 heavy (non-hydrogen) atoms. The molecule has 6 atom stereocenters. The lowest BCUT2D eigenvalue weighted by atomic mass is 9.63. The molecule has 0 aromatic heterocycles. The first kappa shape index (κ1) is 24.1. The average Bonchev–Trinajstić information content (AvgIpc) is 3.27. The van der Waals surface area contributed by atoms with Gasteiger partial charge in [-0.2, -0.15) is 0 Å². The quantitative estimate of drug-likeness (QED) is 0.539. The van der Waals surface area contributed by atoms with E-state index in [9.17, 15) is 9.59 Å². The van der Waals surface area contributed by atoms with Crippen molar-refractivity contribution in [2.75, 3.05) is 13.1 Å². The molecule has 1 heterocycles. The van der Waals surface area contributed by atoms with Gasteiger partial charge in [-0.1, -0.05) is 36.4 Å². The van der Waals surface area contributed by atoms with Gasteiger partial charge in [-0.25, -0.2) is 9.59 Å². The fraction of sp³-hybridized carbons (Fsp3) is 0.533. The van der Waals surface area contributed by atoms with Gasteiger partial charge in [0.15, 0.2) is 0 Å². The monoisotopic (exact) mass is 475 g/mol. The topological polar surface area (TPSA) is 55.8 Å². The lowest BCUT2D eigenvalue weighted by molar-refractivity contribution is -0.0871. The van der Waals surface area contributed by atoms with Crippen LogP contribution in [0.25, 0.3) is 0 Å². The summed E-state index contributed by atoms with van der Waals surface area (Å²) in [6.07, 6.45) is 3.01. The van der Waals surface area contributed by atoms with Crippen LogP contribution in [-0.4, -0.2) is 47.7 Å². The Bertz CT molecular complexity index is 954. The highest BCUT2D eigenvalue weighted by molar-refractivity contribution is 5.90. The van der Waals surface area contributed by atoms with Crippen molar-refractivity contribution in [3.8, 4) is 0 Å². The van der Waals surface area contributed by atoms with Gasteiger partial charge in [-0.3, -0.25) is 4.90 Å². The van der Waals surface area contributed by atoms with Crippen molar-refractivity contribution in [3.63, 3.8) is 0 Å². The summed E-state index contributed by atoms with van der Waals surface area (Å²) in [4.78, 5) is 28.5. The molecule has 2 saturated carbocycles. The Labute approximate surface area is 208 Å². The zero-order chi connectivity index (χ0) is 24.6. The van der Waals surface area contributed by atoms with E-state index in [4.69, 9.17) is 9.47 Å². The summed E-state index contributed by atoms with van der Waals surface area (Å²) in [5, 5.41) is 0. The SMILES string of the molecule is CC(C)(C)N1CC2CC3CC(OC(=O)c4ccccc4)C(OC(=O)c4ccccc4)CC3CC2C1. The maximum atomic E-state index is 12.9. The second kappa shape index (κ2) is 9.77. The molecule has 5 rings (SSSR count). The fourth-order valence-electron chi connectivity index (χ4n) is 6.47. The third-order valence-electron chi connectivity index (χ3n) is 8.42. The van der Waals surface area contributed by atoms with Crippen molar-refractivity contribution in [1.29, 1.82) is 0 Å². The highest BCUT2D eigenvalue weighted by Crippen LogP contribution is 2.50. The molecule has 6 unspecified atom stereocenters. The lowest BCUT2D eigenvalue weighted by Crippen LogP contribution is -2.47. The van der Waals surface area contributed by atoms with Gasteiger partial charge in [-0.05, 0) is 94.4 Å². The second-order valence-corrected chi connectivity index (χ2v) is 11.7. The Hall–Kier alpha value is -2.66. The standard InChI is InChI=1S/C30H37NO4/c1-30(2,3)31-18-24-14-22-16-26(34-28(32)20-10-6-4-7-11-20)27(17-23(22)15-25(24)19-31)35-29(33)21-12-8-5-9-13-21/h4-13,22-27H,14-19H2,1-3H3. The summed E-state index contributed by atoms with van der Waals surface area (Å²) in [6, 6.07) is 18.2. The molecule has 0 radical (unpaired) electrons. The largest absolute Gasteiger partial charge is 0.455 e. The predicted octanol–water partition coefficient (Wildman–Crippen LogP) is 5.60. The molecule has 5 nitrogen and oxygen atoms in total. The molecule has 0 amide bonds. The number of hydrogen-bond acceptors (Lipinski definition) is 5. The first-order chi connectivity index (χ1) is 16.8. The summed E-state index contributed by atoms with van der Waals surface area (Å²) in [5.41, 5.74) is 1.25. The molecule has 2 aromatic carbocycles. The number of hydrogen-bond donors (Lipinski definition) is 0. The average molecular weight is 476 g/mol. The van der Waals surface area contributed by atoms with Crippen LogP contribution in [-0.2, 0) is 9.47 Å². The van der Waals surface area contributed by atoms with Crippen LogP contribution in [0, 0.1) is 23.7 Å². The van der Waals surface area contributed by atoms with E-state index in [-0.39, 0.29) is 17.5 Å². The van der Waals surface area contributed by atoms with Crippen molar-refractivity contribution < 1.29 is 19.1 Å². The summed E-state index contributed by atoms with van der Waals surface area (Å²) < 4.78 is 12.1. The molecule has 0 N–H and O–H groups in total. The zero-order valence-electron chi connectivity index (χ0n) is 21.1. The minimum atomic E-state index is -0.423. The van der Waals surface area contributed by atoms with Crippen molar-refractivity contribution in [2.45, 2.75) is 64.2 Å². The summed E-state index contributed by atoms with van der Waals surface area (Å²) >= 11 is 0. The molecule has 186 valence electrons. The van der Waals surface area contributed by atoms with E-state index in [1.54, 1.807) is 24.3 Å². The highest BCUT2D eigenvalue weighted by Gasteiger charge is 2.49. The minimum Gasteiger partial charge on any atom is -0.455 e. The van der Waals surface area contributed by atoms with Crippen molar-refractivity contribution in [3.05, 3.63) is 71.8 Å². The molecule has 3 fully saturated rings. The molecule has 0 spiro atoms. The van der Waals surface area contributed by atoms with Crippen LogP contribution in [0.4, 0.5) is 0 Å². The Kier molecular flexibility index (Phi) is 6.71. The Morgan fingerprint density at radius 3 is 1.43 bits per heavy atom. The summed E-state index contributed by atoms with van der Waals surface area (Å²) in [7, 11) is 0. The summed E-state index contributed by atoms with van der Waals surface area (Å²) in [6.45, 7) is 9.21.